The molecule has 3 unspecified atom stereocenters. The first kappa shape index (κ1) is 19.1. The molecule has 2 aliphatic rings. The van der Waals surface area contributed by atoms with Crippen molar-refractivity contribution in [1.82, 2.24) is 9.62 Å². The molecule has 5 nitrogen and oxygen atoms in total. The number of carbonyl (C=O) groups is 1. The van der Waals surface area contributed by atoms with Gasteiger partial charge < -0.3 is 4.90 Å². The van der Waals surface area contributed by atoms with Gasteiger partial charge in [0.2, 0.25) is 15.9 Å². The van der Waals surface area contributed by atoms with Crippen molar-refractivity contribution in [2.45, 2.75) is 24.8 Å². The second-order valence-electron chi connectivity index (χ2n) is 7.70. The molecule has 148 valence electrons. The van der Waals surface area contributed by atoms with Crippen LogP contribution in [0.2, 0.25) is 0 Å². The van der Waals surface area contributed by atoms with Crippen LogP contribution in [0.3, 0.4) is 0 Å². The highest BCUT2D eigenvalue weighted by Gasteiger charge is 2.47. The number of nitrogens with zero attached hydrogens (tertiary/aromatic N) is 1. The number of carbonyl (C=O) groups excluding carboxylic acids is 1. The van der Waals surface area contributed by atoms with E-state index in [9.17, 15) is 17.6 Å². The number of halogens is 1. The monoisotopic (exact) mass is 402 g/mol. The van der Waals surface area contributed by atoms with Crippen LogP contribution in [0.25, 0.3) is 11.1 Å². The zero-order chi connectivity index (χ0) is 19.9. The third-order valence-corrected chi connectivity index (χ3v) is 6.27. The largest absolute Gasteiger partial charge is 0.341 e. The molecule has 1 aliphatic carbocycles. The van der Waals surface area contributed by atoms with E-state index < -0.39 is 10.0 Å². The Morgan fingerprint density at radius 2 is 1.86 bits per heavy atom. The first-order valence-corrected chi connectivity index (χ1v) is 11.3. The van der Waals surface area contributed by atoms with Gasteiger partial charge in [0.15, 0.2) is 0 Å². The van der Waals surface area contributed by atoms with Gasteiger partial charge in [-0.2, -0.15) is 0 Å². The van der Waals surface area contributed by atoms with Gasteiger partial charge in [-0.3, -0.25) is 4.79 Å². The van der Waals surface area contributed by atoms with E-state index in [0.29, 0.717) is 19.5 Å². The predicted molar refractivity (Wildman–Crippen MR) is 106 cm³/mol. The fourth-order valence-electron chi connectivity index (χ4n) is 4.12. The van der Waals surface area contributed by atoms with Crippen molar-refractivity contribution >= 4 is 15.9 Å². The van der Waals surface area contributed by atoms with E-state index in [1.165, 1.54) is 12.1 Å². The lowest BCUT2D eigenvalue weighted by atomic mass is 9.96. The average Bonchev–Trinajstić information content (AvgIpc) is 3.32. The maximum absolute atomic E-state index is 13.3. The number of rotatable bonds is 5. The van der Waals surface area contributed by atoms with E-state index in [0.717, 1.165) is 29.4 Å². The first-order valence-electron chi connectivity index (χ1n) is 9.43. The lowest BCUT2D eigenvalue weighted by molar-refractivity contribution is -0.131. The smallest absolute Gasteiger partial charge is 0.226 e. The van der Waals surface area contributed by atoms with E-state index in [2.05, 4.69) is 4.72 Å². The molecule has 0 spiro atoms. The highest BCUT2D eigenvalue weighted by molar-refractivity contribution is 7.88. The lowest BCUT2D eigenvalue weighted by Crippen LogP contribution is -2.38. The molecule has 1 N–H and O–H groups in total. The van der Waals surface area contributed by atoms with Crippen molar-refractivity contribution in [1.29, 1.82) is 0 Å². The lowest BCUT2D eigenvalue weighted by Gasteiger charge is -2.17. The number of hydrogen-bond donors (Lipinski definition) is 1. The fourth-order valence-corrected chi connectivity index (χ4v) is 4.92. The molecular weight excluding hydrogens is 379 g/mol. The number of amides is 1. The molecule has 1 saturated carbocycles. The molecule has 7 heteroatoms. The van der Waals surface area contributed by atoms with Crippen LogP contribution in [-0.4, -0.2) is 44.6 Å². The highest BCUT2D eigenvalue weighted by atomic mass is 32.2. The summed E-state index contributed by atoms with van der Waals surface area (Å²) < 4.78 is 38.6. The number of nitrogens with one attached hydrogen (secondary N) is 1. The molecule has 0 bridgehead atoms. The molecular formula is C21H23FN2O3S. The molecule has 1 heterocycles. The SMILES string of the molecule is CS(=O)(=O)NC1CCN(C(=O)C2CC2c2ccccc2-c2ccc(F)cc2)C1. The number of likely N-dealkylation sites (tertiary alicyclic amines) is 1. The van der Waals surface area contributed by atoms with Crippen LogP contribution in [0.5, 0.6) is 0 Å². The van der Waals surface area contributed by atoms with Gasteiger partial charge in [0.25, 0.3) is 0 Å². The van der Waals surface area contributed by atoms with Gasteiger partial charge >= 0.3 is 0 Å². The van der Waals surface area contributed by atoms with Crippen LogP contribution in [0, 0.1) is 11.7 Å². The van der Waals surface area contributed by atoms with Gasteiger partial charge in [-0.15, -0.1) is 0 Å². The van der Waals surface area contributed by atoms with Crippen LogP contribution in [0.1, 0.15) is 24.3 Å². The highest BCUT2D eigenvalue weighted by Crippen LogP contribution is 2.51. The van der Waals surface area contributed by atoms with Gasteiger partial charge in [-0.25, -0.2) is 17.5 Å². The molecule has 1 amide bonds. The van der Waals surface area contributed by atoms with Crippen LogP contribution in [-0.2, 0) is 14.8 Å². The van der Waals surface area contributed by atoms with Crippen LogP contribution in [0.15, 0.2) is 48.5 Å². The molecule has 28 heavy (non-hydrogen) atoms. The minimum Gasteiger partial charge on any atom is -0.341 e. The normalized spacial score (nSPS) is 24.4. The second-order valence-corrected chi connectivity index (χ2v) is 9.48. The van der Waals surface area contributed by atoms with Crippen molar-refractivity contribution in [3.05, 3.63) is 59.9 Å². The van der Waals surface area contributed by atoms with Crippen LogP contribution in [0.4, 0.5) is 4.39 Å². The minimum atomic E-state index is -3.27. The first-order chi connectivity index (χ1) is 13.3. The summed E-state index contributed by atoms with van der Waals surface area (Å²) in [6.45, 7) is 1.00. The molecule has 1 aliphatic heterocycles. The molecule has 2 aromatic carbocycles. The second kappa shape index (κ2) is 7.29. The molecule has 3 atom stereocenters. The molecule has 2 aromatic rings. The van der Waals surface area contributed by atoms with Crippen LogP contribution < -0.4 is 4.72 Å². The van der Waals surface area contributed by atoms with Gasteiger partial charge in [0.1, 0.15) is 5.82 Å². The van der Waals surface area contributed by atoms with E-state index in [4.69, 9.17) is 0 Å². The van der Waals surface area contributed by atoms with Gasteiger partial charge in [0.05, 0.1) is 6.26 Å². The molecule has 0 aromatic heterocycles. The van der Waals surface area contributed by atoms with Crippen LogP contribution >= 0.6 is 0 Å². The molecule has 0 radical (unpaired) electrons. The Kier molecular flexibility index (Phi) is 4.97. The molecule has 2 fully saturated rings. The van der Waals surface area contributed by atoms with Crippen molar-refractivity contribution < 1.29 is 17.6 Å². The maximum Gasteiger partial charge on any atom is 0.226 e. The van der Waals surface area contributed by atoms with Crippen molar-refractivity contribution in [3.8, 4) is 11.1 Å². The zero-order valence-corrected chi connectivity index (χ0v) is 16.5. The van der Waals surface area contributed by atoms with Gasteiger partial charge in [0, 0.05) is 25.0 Å². The van der Waals surface area contributed by atoms with E-state index in [1.54, 1.807) is 17.0 Å². The van der Waals surface area contributed by atoms with Crippen molar-refractivity contribution in [2.75, 3.05) is 19.3 Å². The number of benzene rings is 2. The van der Waals surface area contributed by atoms with Crippen molar-refractivity contribution in [2.24, 2.45) is 5.92 Å². The fraction of sp³-hybridized carbons (Fsp3) is 0.381. The van der Waals surface area contributed by atoms with E-state index in [1.807, 2.05) is 24.3 Å². The number of hydrogen-bond acceptors (Lipinski definition) is 3. The van der Waals surface area contributed by atoms with Gasteiger partial charge in [-0.1, -0.05) is 36.4 Å². The number of sulfonamides is 1. The Hall–Kier alpha value is -2.25. The Labute approximate surface area is 164 Å². The Balaban J connectivity index is 1.46. The maximum atomic E-state index is 13.3. The Morgan fingerprint density at radius 3 is 2.57 bits per heavy atom. The van der Waals surface area contributed by atoms with E-state index in [-0.39, 0.29) is 29.6 Å². The third-order valence-electron chi connectivity index (χ3n) is 5.50. The minimum absolute atomic E-state index is 0.0708. The summed E-state index contributed by atoms with van der Waals surface area (Å²) >= 11 is 0. The standard InChI is InChI=1S/C21H23FN2O3S/c1-28(26,27)23-16-10-11-24(13-16)21(25)20-12-19(20)18-5-3-2-4-17(18)14-6-8-15(22)9-7-14/h2-9,16,19-20,23H,10-13H2,1H3. The Morgan fingerprint density at radius 1 is 1.14 bits per heavy atom. The van der Waals surface area contributed by atoms with Gasteiger partial charge in [-0.05, 0) is 47.6 Å². The summed E-state index contributed by atoms with van der Waals surface area (Å²) in [7, 11) is -3.27. The molecule has 1 saturated heterocycles. The summed E-state index contributed by atoms with van der Waals surface area (Å²) in [6.07, 6.45) is 2.57. The Bertz CT molecular complexity index is 991. The summed E-state index contributed by atoms with van der Waals surface area (Å²) in [5, 5.41) is 0. The summed E-state index contributed by atoms with van der Waals surface area (Å²) in [5.74, 6) is -0.0991. The predicted octanol–water partition coefficient (Wildman–Crippen LogP) is 2.75. The topological polar surface area (TPSA) is 66.5 Å². The summed E-state index contributed by atoms with van der Waals surface area (Å²) in [5.41, 5.74) is 3.08. The van der Waals surface area contributed by atoms with E-state index >= 15 is 0 Å². The summed E-state index contributed by atoms with van der Waals surface area (Å²) in [6, 6.07) is 14.2. The quantitative estimate of drug-likeness (QED) is 0.836. The summed E-state index contributed by atoms with van der Waals surface area (Å²) in [4.78, 5) is 14.7. The zero-order valence-electron chi connectivity index (χ0n) is 15.6. The van der Waals surface area contributed by atoms with Crippen molar-refractivity contribution in [3.63, 3.8) is 0 Å². The average molecular weight is 402 g/mol. The molecule has 4 rings (SSSR count). The third kappa shape index (κ3) is 4.10.